The smallest absolute Gasteiger partial charge is 0.250 e. The van der Waals surface area contributed by atoms with Crippen LogP contribution in [0.3, 0.4) is 0 Å². The van der Waals surface area contributed by atoms with Crippen LogP contribution in [0.25, 0.3) is 0 Å². The molecule has 2 aromatic rings. The number of nitrogens with two attached hydrogens (primary N) is 2. The van der Waals surface area contributed by atoms with E-state index in [1.165, 1.54) is 0 Å². The molecule has 0 atom stereocenters. The summed E-state index contributed by atoms with van der Waals surface area (Å²) >= 11 is 11.2. The second-order valence-electron chi connectivity index (χ2n) is 4.35. The van der Waals surface area contributed by atoms with E-state index in [0.717, 1.165) is 9.35 Å². The lowest BCUT2D eigenvalue weighted by Crippen LogP contribution is -2.22. The number of rotatable bonds is 4. The molecule has 0 fully saturated rings. The number of nitrogen functional groups attached to an aromatic ring is 1. The van der Waals surface area contributed by atoms with Gasteiger partial charge >= 0.3 is 0 Å². The molecular formula is C13H13BrClN3OS. The summed E-state index contributed by atoms with van der Waals surface area (Å²) in [5.41, 5.74) is 12.4. The molecule has 0 unspecified atom stereocenters. The molecule has 4 nitrogen and oxygen atoms in total. The number of hydrogen-bond acceptors (Lipinski definition) is 4. The number of hydrogen-bond donors (Lipinski definition) is 2. The second-order valence-corrected chi connectivity index (χ2v) is 6.67. The summed E-state index contributed by atoms with van der Waals surface area (Å²) in [6.07, 6.45) is 0. The average Bonchev–Trinajstić information content (AvgIpc) is 2.73. The van der Waals surface area contributed by atoms with Gasteiger partial charge in [-0.25, -0.2) is 0 Å². The Labute approximate surface area is 134 Å². The lowest BCUT2D eigenvalue weighted by molar-refractivity contribution is 0.100. The zero-order chi connectivity index (χ0) is 14.9. The molecule has 1 heterocycles. The normalized spacial score (nSPS) is 10.6. The fourth-order valence-corrected chi connectivity index (χ4v) is 3.82. The first-order valence-corrected chi connectivity index (χ1v) is 7.76. The van der Waals surface area contributed by atoms with Crippen molar-refractivity contribution in [2.24, 2.45) is 5.73 Å². The summed E-state index contributed by atoms with van der Waals surface area (Å²) in [5.74, 6) is -0.548. The zero-order valence-corrected chi connectivity index (χ0v) is 13.8. The Hall–Kier alpha value is -1.24. The largest absolute Gasteiger partial charge is 0.399 e. The summed E-state index contributed by atoms with van der Waals surface area (Å²) in [5, 5.41) is 2.42. The van der Waals surface area contributed by atoms with E-state index in [1.54, 1.807) is 23.5 Å². The van der Waals surface area contributed by atoms with Crippen molar-refractivity contribution in [3.05, 3.63) is 43.5 Å². The summed E-state index contributed by atoms with van der Waals surface area (Å²) in [7, 11) is 1.86. The van der Waals surface area contributed by atoms with E-state index in [1.807, 2.05) is 23.4 Å². The molecule has 1 amide bonds. The molecule has 7 heteroatoms. The van der Waals surface area contributed by atoms with Gasteiger partial charge in [0.15, 0.2) is 0 Å². The van der Waals surface area contributed by atoms with Crippen LogP contribution in [0.1, 0.15) is 15.2 Å². The van der Waals surface area contributed by atoms with E-state index in [-0.39, 0.29) is 0 Å². The van der Waals surface area contributed by atoms with Gasteiger partial charge < -0.3 is 16.4 Å². The first-order chi connectivity index (χ1) is 9.38. The summed E-state index contributed by atoms with van der Waals surface area (Å²) in [4.78, 5) is 14.6. The molecule has 106 valence electrons. The van der Waals surface area contributed by atoms with Gasteiger partial charge in [-0.3, -0.25) is 4.79 Å². The van der Waals surface area contributed by atoms with Gasteiger partial charge in [-0.1, -0.05) is 11.6 Å². The zero-order valence-electron chi connectivity index (χ0n) is 10.7. The van der Waals surface area contributed by atoms with Crippen molar-refractivity contribution in [3.8, 4) is 0 Å². The molecule has 0 aliphatic carbocycles. The number of primary amides is 1. The highest BCUT2D eigenvalue weighted by molar-refractivity contribution is 9.10. The second kappa shape index (κ2) is 6.03. The highest BCUT2D eigenvalue weighted by atomic mass is 79.9. The molecule has 1 aromatic heterocycles. The number of amides is 1. The molecular weight excluding hydrogens is 362 g/mol. The number of nitrogens with zero attached hydrogens (tertiary/aromatic N) is 1. The lowest BCUT2D eigenvalue weighted by Gasteiger charge is -2.22. The Morgan fingerprint density at radius 1 is 1.45 bits per heavy atom. The van der Waals surface area contributed by atoms with Crippen molar-refractivity contribution < 1.29 is 4.79 Å². The van der Waals surface area contributed by atoms with Gasteiger partial charge in [-0.05, 0) is 34.1 Å². The van der Waals surface area contributed by atoms with Gasteiger partial charge in [0.1, 0.15) is 0 Å². The molecule has 0 aliphatic rings. The van der Waals surface area contributed by atoms with Crippen LogP contribution >= 0.6 is 38.9 Å². The summed E-state index contributed by atoms with van der Waals surface area (Å²) in [6, 6.07) is 5.19. The minimum absolute atomic E-state index is 0.327. The number of benzene rings is 1. The van der Waals surface area contributed by atoms with Crippen LogP contribution in [-0.4, -0.2) is 13.0 Å². The van der Waals surface area contributed by atoms with E-state index in [0.29, 0.717) is 28.5 Å². The molecule has 2 rings (SSSR count). The lowest BCUT2D eigenvalue weighted by atomic mass is 10.1. The van der Waals surface area contributed by atoms with Gasteiger partial charge in [0.25, 0.3) is 5.91 Å². The molecule has 0 saturated carbocycles. The van der Waals surface area contributed by atoms with Crippen molar-refractivity contribution in [2.75, 3.05) is 17.7 Å². The maximum atomic E-state index is 11.6. The maximum absolute atomic E-state index is 11.6. The molecule has 20 heavy (non-hydrogen) atoms. The van der Waals surface area contributed by atoms with Crippen LogP contribution in [0.15, 0.2) is 28.1 Å². The third kappa shape index (κ3) is 3.26. The Morgan fingerprint density at radius 2 is 2.15 bits per heavy atom. The van der Waals surface area contributed by atoms with E-state index >= 15 is 0 Å². The number of carbonyl (C=O) groups is 1. The van der Waals surface area contributed by atoms with Crippen LogP contribution in [-0.2, 0) is 6.54 Å². The van der Waals surface area contributed by atoms with Crippen LogP contribution in [0.5, 0.6) is 0 Å². The minimum atomic E-state index is -0.548. The predicted octanol–water partition coefficient (Wildman–Crippen LogP) is 3.48. The Bertz CT molecular complexity index is 659. The van der Waals surface area contributed by atoms with E-state index in [9.17, 15) is 4.79 Å². The Kier molecular flexibility index (Phi) is 4.57. The molecule has 0 radical (unpaired) electrons. The topological polar surface area (TPSA) is 72.3 Å². The number of anilines is 2. The van der Waals surface area contributed by atoms with Crippen molar-refractivity contribution in [1.82, 2.24) is 0 Å². The van der Waals surface area contributed by atoms with Crippen LogP contribution in [0.4, 0.5) is 11.4 Å². The quantitative estimate of drug-likeness (QED) is 0.805. The standard InChI is InChI=1S/C13H13BrClN3OS/c1-18(5-9-2-7(14)6-20-9)12-10(13(17)19)3-8(16)4-11(12)15/h2-4,6H,5,16H2,1H3,(H2,17,19). The van der Waals surface area contributed by atoms with Crippen molar-refractivity contribution in [2.45, 2.75) is 6.54 Å². The van der Waals surface area contributed by atoms with Crippen molar-refractivity contribution >= 4 is 56.1 Å². The molecule has 0 bridgehead atoms. The van der Waals surface area contributed by atoms with Crippen molar-refractivity contribution in [1.29, 1.82) is 0 Å². The average molecular weight is 375 g/mol. The van der Waals surface area contributed by atoms with E-state index in [4.69, 9.17) is 23.1 Å². The first-order valence-electron chi connectivity index (χ1n) is 5.71. The molecule has 0 aliphatic heterocycles. The fraction of sp³-hybridized carbons (Fsp3) is 0.154. The van der Waals surface area contributed by atoms with Crippen LogP contribution < -0.4 is 16.4 Å². The Balaban J connectivity index is 2.38. The monoisotopic (exact) mass is 373 g/mol. The highest BCUT2D eigenvalue weighted by Crippen LogP contribution is 2.33. The van der Waals surface area contributed by atoms with Crippen LogP contribution in [0.2, 0.25) is 5.02 Å². The number of carbonyl (C=O) groups excluding carboxylic acids is 1. The highest BCUT2D eigenvalue weighted by Gasteiger charge is 2.17. The summed E-state index contributed by atoms with van der Waals surface area (Å²) < 4.78 is 1.03. The summed E-state index contributed by atoms with van der Waals surface area (Å²) in [6.45, 7) is 0.625. The van der Waals surface area contributed by atoms with E-state index in [2.05, 4.69) is 15.9 Å². The molecule has 0 saturated heterocycles. The van der Waals surface area contributed by atoms with Gasteiger partial charge in [-0.2, -0.15) is 0 Å². The van der Waals surface area contributed by atoms with Gasteiger partial charge in [0.2, 0.25) is 0 Å². The molecule has 0 spiro atoms. The fourth-order valence-electron chi connectivity index (χ4n) is 1.95. The third-order valence-electron chi connectivity index (χ3n) is 2.75. The molecule has 1 aromatic carbocycles. The Morgan fingerprint density at radius 3 is 2.70 bits per heavy atom. The SMILES string of the molecule is CN(Cc1cc(Br)cs1)c1c(Cl)cc(N)cc1C(N)=O. The third-order valence-corrected chi connectivity index (χ3v) is 4.72. The molecule has 4 N–H and O–H groups in total. The van der Waals surface area contributed by atoms with Gasteiger partial charge in [-0.15, -0.1) is 11.3 Å². The van der Waals surface area contributed by atoms with Gasteiger partial charge in [0.05, 0.1) is 22.8 Å². The van der Waals surface area contributed by atoms with Crippen molar-refractivity contribution in [3.63, 3.8) is 0 Å². The first kappa shape index (κ1) is 15.2. The number of thiophene rings is 1. The predicted molar refractivity (Wildman–Crippen MR) is 88.5 cm³/mol. The maximum Gasteiger partial charge on any atom is 0.250 e. The minimum Gasteiger partial charge on any atom is -0.399 e. The number of halogens is 2. The van der Waals surface area contributed by atoms with Crippen LogP contribution in [0, 0.1) is 0 Å². The van der Waals surface area contributed by atoms with Gasteiger partial charge in [0, 0.05) is 27.5 Å². The van der Waals surface area contributed by atoms with E-state index < -0.39 is 5.91 Å².